The van der Waals surface area contributed by atoms with Crippen LogP contribution in [-0.2, 0) is 9.59 Å². The number of carbonyl (C=O) groups is 2. The maximum Gasteiger partial charge on any atom is 0.300 e. The molecule has 0 bridgehead atoms. The fourth-order valence-corrected chi connectivity index (χ4v) is 4.76. The van der Waals surface area contributed by atoms with Gasteiger partial charge in [0.05, 0.1) is 12.7 Å². The lowest BCUT2D eigenvalue weighted by molar-refractivity contribution is -0.132. The molecule has 3 aromatic rings. The summed E-state index contributed by atoms with van der Waals surface area (Å²) in [6.45, 7) is 1.92. The van der Waals surface area contributed by atoms with E-state index in [4.69, 9.17) is 16.3 Å². The zero-order valence-electron chi connectivity index (χ0n) is 16.3. The SMILES string of the molecule is COc1ccc(N2C(=O)C(=O)/C(=C(\O)c3cccc(Cl)c3)C2c2sccc2C)cc1. The van der Waals surface area contributed by atoms with Gasteiger partial charge in [-0.15, -0.1) is 11.3 Å². The minimum absolute atomic E-state index is 0.0450. The topological polar surface area (TPSA) is 66.8 Å². The monoisotopic (exact) mass is 439 g/mol. The fraction of sp³-hybridized carbons (Fsp3) is 0.130. The number of anilines is 1. The van der Waals surface area contributed by atoms with Gasteiger partial charge in [-0.1, -0.05) is 23.7 Å². The van der Waals surface area contributed by atoms with Gasteiger partial charge in [0.1, 0.15) is 17.6 Å². The number of aliphatic hydroxyl groups is 1. The summed E-state index contributed by atoms with van der Waals surface area (Å²) >= 11 is 7.50. The lowest BCUT2D eigenvalue weighted by atomic mass is 9.98. The maximum atomic E-state index is 13.1. The van der Waals surface area contributed by atoms with E-state index in [2.05, 4.69) is 0 Å². The Kier molecular flexibility index (Phi) is 5.37. The predicted molar refractivity (Wildman–Crippen MR) is 118 cm³/mol. The Morgan fingerprint density at radius 3 is 2.47 bits per heavy atom. The lowest BCUT2D eigenvalue weighted by Crippen LogP contribution is -2.29. The molecule has 1 aliphatic rings. The van der Waals surface area contributed by atoms with Gasteiger partial charge < -0.3 is 9.84 Å². The first kappa shape index (κ1) is 20.2. The summed E-state index contributed by atoms with van der Waals surface area (Å²) in [4.78, 5) is 28.4. The van der Waals surface area contributed by atoms with Crippen molar-refractivity contribution in [3.8, 4) is 5.75 Å². The maximum absolute atomic E-state index is 13.1. The third kappa shape index (κ3) is 3.38. The highest BCUT2D eigenvalue weighted by molar-refractivity contribution is 7.10. The summed E-state index contributed by atoms with van der Waals surface area (Å²) in [5.74, 6) is -1.04. The van der Waals surface area contributed by atoms with Gasteiger partial charge >= 0.3 is 0 Å². The van der Waals surface area contributed by atoms with Crippen molar-refractivity contribution in [3.05, 3.63) is 86.6 Å². The first-order valence-corrected chi connectivity index (χ1v) is 10.4. The number of benzene rings is 2. The number of methoxy groups -OCH3 is 1. The quantitative estimate of drug-likeness (QED) is 0.338. The highest BCUT2D eigenvalue weighted by atomic mass is 35.5. The van der Waals surface area contributed by atoms with Crippen molar-refractivity contribution >= 4 is 46.1 Å². The largest absolute Gasteiger partial charge is 0.507 e. The molecule has 0 radical (unpaired) electrons. The Morgan fingerprint density at radius 2 is 1.87 bits per heavy atom. The van der Waals surface area contributed by atoms with Crippen LogP contribution in [0.25, 0.3) is 5.76 Å². The molecule has 1 atom stereocenters. The van der Waals surface area contributed by atoms with Gasteiger partial charge in [-0.2, -0.15) is 0 Å². The zero-order chi connectivity index (χ0) is 21.4. The van der Waals surface area contributed by atoms with Gasteiger partial charge in [-0.05, 0) is 60.3 Å². The number of halogens is 1. The molecule has 5 nitrogen and oxygen atoms in total. The molecule has 152 valence electrons. The molecule has 0 spiro atoms. The number of ether oxygens (including phenoxy) is 1. The van der Waals surface area contributed by atoms with Crippen LogP contribution in [0.1, 0.15) is 22.0 Å². The Morgan fingerprint density at radius 1 is 1.13 bits per heavy atom. The van der Waals surface area contributed by atoms with Gasteiger partial charge in [0.15, 0.2) is 0 Å². The van der Waals surface area contributed by atoms with Gasteiger partial charge in [-0.25, -0.2) is 0 Å². The molecule has 2 aromatic carbocycles. The second kappa shape index (κ2) is 7.97. The minimum Gasteiger partial charge on any atom is -0.507 e. The van der Waals surface area contributed by atoms with E-state index in [1.807, 2.05) is 18.4 Å². The van der Waals surface area contributed by atoms with Crippen LogP contribution in [0.3, 0.4) is 0 Å². The molecule has 0 saturated carbocycles. The third-order valence-electron chi connectivity index (χ3n) is 5.04. The number of amides is 1. The van der Waals surface area contributed by atoms with Crippen molar-refractivity contribution in [2.45, 2.75) is 13.0 Å². The molecule has 1 saturated heterocycles. The number of nitrogens with zero attached hydrogens (tertiary/aromatic N) is 1. The number of aryl methyl sites for hydroxylation is 1. The molecule has 4 rings (SSSR count). The molecule has 30 heavy (non-hydrogen) atoms. The van der Waals surface area contributed by atoms with Crippen LogP contribution in [0.5, 0.6) is 5.75 Å². The van der Waals surface area contributed by atoms with Gasteiger partial charge in [0.2, 0.25) is 0 Å². The number of carbonyl (C=O) groups excluding carboxylic acids is 2. The van der Waals surface area contributed by atoms with E-state index in [1.165, 1.54) is 16.2 Å². The van der Waals surface area contributed by atoms with Crippen LogP contribution in [0, 0.1) is 6.92 Å². The summed E-state index contributed by atoms with van der Waals surface area (Å²) in [7, 11) is 1.56. The molecular formula is C23H18ClNO4S. The number of thiophene rings is 1. The second-order valence-corrected chi connectivity index (χ2v) is 8.23. The average molecular weight is 440 g/mol. The lowest BCUT2D eigenvalue weighted by Gasteiger charge is -2.25. The summed E-state index contributed by atoms with van der Waals surface area (Å²) in [6, 6.07) is 14.7. The summed E-state index contributed by atoms with van der Waals surface area (Å²) in [5, 5.41) is 13.4. The highest BCUT2D eigenvalue weighted by Crippen LogP contribution is 2.45. The first-order valence-electron chi connectivity index (χ1n) is 9.17. The van der Waals surface area contributed by atoms with E-state index in [1.54, 1.807) is 55.6 Å². The van der Waals surface area contributed by atoms with E-state index >= 15 is 0 Å². The standard InChI is InChI=1S/C23H18ClNO4S/c1-13-10-11-30-22(13)19-18(20(26)14-4-3-5-15(24)12-14)21(27)23(28)25(19)16-6-8-17(29-2)9-7-16/h3-12,19,26H,1-2H3/b20-18-. The van der Waals surface area contributed by atoms with Crippen molar-refractivity contribution < 1.29 is 19.4 Å². The molecule has 1 amide bonds. The minimum atomic E-state index is -0.739. The predicted octanol–water partition coefficient (Wildman–Crippen LogP) is 5.34. The van der Waals surface area contributed by atoms with Crippen molar-refractivity contribution in [3.63, 3.8) is 0 Å². The van der Waals surface area contributed by atoms with Crippen molar-refractivity contribution in [2.75, 3.05) is 12.0 Å². The number of rotatable bonds is 4. The van der Waals surface area contributed by atoms with Crippen LogP contribution < -0.4 is 9.64 Å². The number of aliphatic hydroxyl groups excluding tert-OH is 1. The highest BCUT2D eigenvalue weighted by Gasteiger charge is 2.47. The van der Waals surface area contributed by atoms with E-state index < -0.39 is 17.7 Å². The Hall–Kier alpha value is -3.09. The smallest absolute Gasteiger partial charge is 0.300 e. The third-order valence-corrected chi connectivity index (χ3v) is 6.35. The molecule has 1 N–H and O–H groups in total. The van der Waals surface area contributed by atoms with E-state index in [0.29, 0.717) is 22.0 Å². The average Bonchev–Trinajstić information content (AvgIpc) is 3.28. The van der Waals surface area contributed by atoms with E-state index in [-0.39, 0.29) is 11.3 Å². The first-order chi connectivity index (χ1) is 14.4. The van der Waals surface area contributed by atoms with Crippen LogP contribution in [0.2, 0.25) is 5.02 Å². The van der Waals surface area contributed by atoms with Gasteiger partial charge in [0, 0.05) is 21.2 Å². The number of hydrogen-bond acceptors (Lipinski definition) is 5. The molecule has 1 aliphatic heterocycles. The normalized spacial score (nSPS) is 18.1. The molecule has 1 aromatic heterocycles. The van der Waals surface area contributed by atoms with Crippen LogP contribution >= 0.6 is 22.9 Å². The van der Waals surface area contributed by atoms with Gasteiger partial charge in [-0.3, -0.25) is 14.5 Å². The molecule has 7 heteroatoms. The Balaban J connectivity index is 1.93. The van der Waals surface area contributed by atoms with Crippen LogP contribution in [0.15, 0.2) is 65.6 Å². The second-order valence-electron chi connectivity index (χ2n) is 6.85. The van der Waals surface area contributed by atoms with Crippen LogP contribution in [-0.4, -0.2) is 23.9 Å². The van der Waals surface area contributed by atoms with E-state index in [9.17, 15) is 14.7 Å². The summed E-state index contributed by atoms with van der Waals surface area (Å²) in [5.41, 5.74) is 1.90. The molecule has 0 aliphatic carbocycles. The molecule has 1 fully saturated rings. The summed E-state index contributed by atoms with van der Waals surface area (Å²) in [6.07, 6.45) is 0. The molecule has 2 heterocycles. The number of Topliss-reactive ketones (excluding diaryl/α,β-unsaturated/α-hetero) is 1. The molecular weight excluding hydrogens is 422 g/mol. The van der Waals surface area contributed by atoms with Crippen molar-refractivity contribution in [2.24, 2.45) is 0 Å². The Bertz CT molecular complexity index is 1170. The zero-order valence-corrected chi connectivity index (χ0v) is 17.8. The van der Waals surface area contributed by atoms with Crippen molar-refractivity contribution in [1.29, 1.82) is 0 Å². The molecule has 1 unspecified atom stereocenters. The van der Waals surface area contributed by atoms with Crippen molar-refractivity contribution in [1.82, 2.24) is 0 Å². The summed E-state index contributed by atoms with van der Waals surface area (Å²) < 4.78 is 5.20. The number of ketones is 1. The van der Waals surface area contributed by atoms with E-state index in [0.717, 1.165) is 10.4 Å². The number of hydrogen-bond donors (Lipinski definition) is 1. The Labute approximate surface area is 182 Å². The van der Waals surface area contributed by atoms with Gasteiger partial charge in [0.25, 0.3) is 11.7 Å². The fourth-order valence-electron chi connectivity index (χ4n) is 3.55. The van der Waals surface area contributed by atoms with Crippen LogP contribution in [0.4, 0.5) is 5.69 Å².